The molecule has 0 atom stereocenters. The van der Waals surface area contributed by atoms with Crippen LogP contribution < -0.4 is 10.6 Å². The van der Waals surface area contributed by atoms with E-state index in [1.54, 1.807) is 6.20 Å². The number of nitrogens with zero attached hydrogens (tertiary/aromatic N) is 3. The van der Waals surface area contributed by atoms with Gasteiger partial charge in [0.05, 0.1) is 17.6 Å². The van der Waals surface area contributed by atoms with Crippen molar-refractivity contribution in [2.24, 2.45) is 21.8 Å². The van der Waals surface area contributed by atoms with E-state index in [0.717, 1.165) is 65.9 Å². The maximum atomic E-state index is 12.9. The van der Waals surface area contributed by atoms with Crippen LogP contribution >= 0.6 is 0 Å². The predicted octanol–water partition coefficient (Wildman–Crippen LogP) is 8.42. The molecule has 2 aromatic rings. The number of hydrogen-bond acceptors (Lipinski definition) is 5. The van der Waals surface area contributed by atoms with E-state index in [-0.39, 0.29) is 5.91 Å². The molecule has 0 aliphatic carbocycles. The smallest absolute Gasteiger partial charge is 0.222 e. The molecule has 0 bridgehead atoms. The van der Waals surface area contributed by atoms with Crippen LogP contribution in [0.1, 0.15) is 90.7 Å². The van der Waals surface area contributed by atoms with Gasteiger partial charge in [-0.3, -0.25) is 14.8 Å². The molecule has 2 aromatic carbocycles. The molecule has 0 aromatic heterocycles. The van der Waals surface area contributed by atoms with Crippen LogP contribution in [0.5, 0.6) is 0 Å². The lowest BCUT2D eigenvalue weighted by atomic mass is 9.99. The number of hydrogen-bond donors (Lipinski definition) is 2. The van der Waals surface area contributed by atoms with Gasteiger partial charge in [0.2, 0.25) is 5.91 Å². The van der Waals surface area contributed by atoms with E-state index in [2.05, 4.69) is 110 Å². The highest BCUT2D eigenvalue weighted by Crippen LogP contribution is 2.24. The predicted molar refractivity (Wildman–Crippen MR) is 187 cm³/mol. The zero-order valence-corrected chi connectivity index (χ0v) is 27.5. The molecule has 0 spiro atoms. The Morgan fingerprint density at radius 3 is 1.86 bits per heavy atom. The zero-order valence-electron chi connectivity index (χ0n) is 27.5. The Balaban J connectivity index is 2.06. The first-order valence-electron chi connectivity index (χ1n) is 16.2. The normalized spacial score (nSPS) is 12.3. The van der Waals surface area contributed by atoms with Crippen molar-refractivity contribution in [1.82, 2.24) is 15.5 Å². The summed E-state index contributed by atoms with van der Waals surface area (Å²) in [4.78, 5) is 23.5. The molecule has 43 heavy (non-hydrogen) atoms. The number of aliphatic imine (C=N–C) groups is 2. The first-order chi connectivity index (χ1) is 20.9. The van der Waals surface area contributed by atoms with Gasteiger partial charge in [0.15, 0.2) is 0 Å². The van der Waals surface area contributed by atoms with Crippen molar-refractivity contribution < 1.29 is 4.79 Å². The average molecular weight is 586 g/mol. The minimum Gasteiger partial charge on any atom is -0.386 e. The van der Waals surface area contributed by atoms with E-state index in [1.165, 1.54) is 12.8 Å². The lowest BCUT2D eigenvalue weighted by molar-refractivity contribution is -0.132. The van der Waals surface area contributed by atoms with Crippen molar-refractivity contribution in [3.05, 3.63) is 72.1 Å². The maximum Gasteiger partial charge on any atom is 0.222 e. The van der Waals surface area contributed by atoms with Gasteiger partial charge in [0, 0.05) is 45.5 Å². The molecule has 0 unspecified atom stereocenters. The Labute approximate surface area is 261 Å². The fraction of sp³-hybridized carbons (Fsp3) is 0.486. The lowest BCUT2D eigenvalue weighted by Crippen LogP contribution is -2.38. The summed E-state index contributed by atoms with van der Waals surface area (Å²) < 4.78 is 0. The van der Waals surface area contributed by atoms with Crippen LogP contribution in [0.2, 0.25) is 0 Å². The monoisotopic (exact) mass is 585 g/mol. The number of carbonyl (C=O) groups is 1. The third-order valence-corrected chi connectivity index (χ3v) is 8.28. The minimum atomic E-state index is 0.252. The molecule has 0 fully saturated rings. The topological polar surface area (TPSA) is 69.1 Å². The first kappa shape index (κ1) is 35.5. The Hall–Kier alpha value is -3.67. The molecule has 2 rings (SSSR count). The summed E-state index contributed by atoms with van der Waals surface area (Å²) in [6.07, 6.45) is 12.7. The van der Waals surface area contributed by atoms with Crippen molar-refractivity contribution in [2.75, 3.05) is 26.7 Å². The lowest BCUT2D eigenvalue weighted by Gasteiger charge is -2.25. The van der Waals surface area contributed by atoms with Gasteiger partial charge in [-0.1, -0.05) is 109 Å². The number of amides is 1. The minimum absolute atomic E-state index is 0.252. The molecule has 0 saturated carbocycles. The number of nitrogens with one attached hydrogen (secondary N) is 2. The van der Waals surface area contributed by atoms with Crippen molar-refractivity contribution >= 4 is 30.2 Å². The first-order valence-corrected chi connectivity index (χ1v) is 16.2. The van der Waals surface area contributed by atoms with Crippen LogP contribution in [0.15, 0.2) is 70.9 Å². The maximum absolute atomic E-state index is 12.9. The summed E-state index contributed by atoms with van der Waals surface area (Å²) in [5, 5.41) is 6.76. The molecule has 0 aliphatic heterocycles. The largest absolute Gasteiger partial charge is 0.386 e. The molecule has 6 heteroatoms. The van der Waals surface area contributed by atoms with Crippen LogP contribution in [-0.2, 0) is 4.79 Å². The highest BCUT2D eigenvalue weighted by atomic mass is 16.2. The second-order valence-electron chi connectivity index (χ2n) is 11.1. The zero-order chi connectivity index (χ0) is 31.5. The van der Waals surface area contributed by atoms with Gasteiger partial charge in [-0.2, -0.15) is 0 Å². The Morgan fingerprint density at radius 1 is 0.814 bits per heavy atom. The highest BCUT2D eigenvalue weighted by Gasteiger charge is 2.17. The van der Waals surface area contributed by atoms with Crippen LogP contribution in [0.3, 0.4) is 0 Å². The van der Waals surface area contributed by atoms with E-state index in [1.807, 2.05) is 24.4 Å². The van der Waals surface area contributed by atoms with Crippen LogP contribution in [0.4, 0.5) is 0 Å². The standard InChI is InChI=1S/C37H55N5O/c1-8-24-42(37(43)26-30(11-4)12-5)25-23-41-36(27-38-6)34-19-15-32(16-20-34)31-13-17-33(18-14-31)35(39-7)28-40-22-21-29(9-2)10-3/h13-20,22,27-30,39,41H,6,8-12,21,23-26H2,1-5,7H3/b35-28-,36-27-,40-22?. The van der Waals surface area contributed by atoms with Crippen molar-refractivity contribution in [1.29, 1.82) is 0 Å². The van der Waals surface area contributed by atoms with Gasteiger partial charge in [0.25, 0.3) is 0 Å². The fourth-order valence-electron chi connectivity index (χ4n) is 5.15. The van der Waals surface area contributed by atoms with Crippen molar-refractivity contribution in [3.63, 3.8) is 0 Å². The van der Waals surface area contributed by atoms with Gasteiger partial charge in [-0.05, 0) is 53.6 Å². The fourth-order valence-corrected chi connectivity index (χ4v) is 5.15. The molecule has 0 heterocycles. The summed E-state index contributed by atoms with van der Waals surface area (Å²) in [6.45, 7) is 16.7. The van der Waals surface area contributed by atoms with E-state index >= 15 is 0 Å². The quantitative estimate of drug-likeness (QED) is 0.153. The van der Waals surface area contributed by atoms with Gasteiger partial charge >= 0.3 is 0 Å². The van der Waals surface area contributed by atoms with E-state index in [0.29, 0.717) is 31.3 Å². The number of rotatable bonds is 20. The molecule has 0 radical (unpaired) electrons. The molecule has 2 N–H and O–H groups in total. The second kappa shape index (κ2) is 20.3. The van der Waals surface area contributed by atoms with E-state index < -0.39 is 0 Å². The third-order valence-electron chi connectivity index (χ3n) is 8.28. The van der Waals surface area contributed by atoms with Gasteiger partial charge in [-0.25, -0.2) is 0 Å². The second-order valence-corrected chi connectivity index (χ2v) is 11.1. The Morgan fingerprint density at radius 2 is 1.37 bits per heavy atom. The van der Waals surface area contributed by atoms with E-state index in [9.17, 15) is 4.79 Å². The average Bonchev–Trinajstić information content (AvgIpc) is 3.04. The Kier molecular flexibility index (Phi) is 16.7. The summed E-state index contributed by atoms with van der Waals surface area (Å²) in [6, 6.07) is 17.0. The number of benzene rings is 2. The van der Waals surface area contributed by atoms with Gasteiger partial charge in [-0.15, -0.1) is 0 Å². The van der Waals surface area contributed by atoms with Gasteiger partial charge in [0.1, 0.15) is 0 Å². The molecular weight excluding hydrogens is 530 g/mol. The third kappa shape index (κ3) is 11.9. The van der Waals surface area contributed by atoms with Crippen molar-refractivity contribution in [2.45, 2.75) is 79.6 Å². The van der Waals surface area contributed by atoms with Crippen molar-refractivity contribution in [3.8, 4) is 11.1 Å². The Bertz CT molecular complexity index is 1170. The molecule has 234 valence electrons. The molecule has 0 aliphatic rings. The molecule has 6 nitrogen and oxygen atoms in total. The summed E-state index contributed by atoms with van der Waals surface area (Å²) in [7, 11) is 1.93. The highest BCUT2D eigenvalue weighted by molar-refractivity contribution is 5.76. The van der Waals surface area contributed by atoms with E-state index in [4.69, 9.17) is 0 Å². The molecule has 0 saturated heterocycles. The van der Waals surface area contributed by atoms with Crippen LogP contribution in [0, 0.1) is 11.8 Å². The number of carbonyl (C=O) groups excluding carboxylic acids is 1. The summed E-state index contributed by atoms with van der Waals surface area (Å²) >= 11 is 0. The van der Waals surface area contributed by atoms with Gasteiger partial charge < -0.3 is 15.5 Å². The molecular formula is C37H55N5O. The summed E-state index contributed by atoms with van der Waals surface area (Å²) in [5.41, 5.74) is 6.31. The SMILES string of the molecule is C=N/C=C(\NCCN(CCC)C(=O)CC(CC)CC)c1ccc(-c2ccc(/C(=C/N=CCC(CC)CC)NC)cc2)cc1. The molecule has 1 amide bonds. The van der Waals surface area contributed by atoms with Crippen LogP contribution in [-0.4, -0.2) is 50.4 Å². The van der Waals surface area contributed by atoms with Crippen LogP contribution in [0.25, 0.3) is 22.5 Å². The summed E-state index contributed by atoms with van der Waals surface area (Å²) in [5.74, 6) is 1.41.